The number of carbonyl (C=O) groups excluding carboxylic acids is 2. The molecule has 0 atom stereocenters. The standard InChI is InChI=1S/C14H18N4O4/c1-7(15-17-9(3)19)11-5-6-12(21)13(14(11)22)8(2)16-18-10(4)20/h5-6,21-22H,1-4H3,(H,17,19)(H,18,20)/b15-7+,16-8+. The summed E-state index contributed by atoms with van der Waals surface area (Å²) in [6.07, 6.45) is 0. The number of hydrogen-bond donors (Lipinski definition) is 4. The predicted octanol–water partition coefficient (Wildman–Crippen LogP) is 0.818. The lowest BCUT2D eigenvalue weighted by Crippen LogP contribution is -2.16. The van der Waals surface area contributed by atoms with E-state index in [0.717, 1.165) is 0 Å². The van der Waals surface area contributed by atoms with E-state index >= 15 is 0 Å². The molecule has 1 aromatic carbocycles. The molecule has 2 amide bonds. The van der Waals surface area contributed by atoms with E-state index in [1.54, 1.807) is 6.92 Å². The van der Waals surface area contributed by atoms with Crippen molar-refractivity contribution in [2.45, 2.75) is 27.7 Å². The van der Waals surface area contributed by atoms with Crippen molar-refractivity contribution in [2.24, 2.45) is 10.2 Å². The van der Waals surface area contributed by atoms with Gasteiger partial charge in [-0.3, -0.25) is 9.59 Å². The van der Waals surface area contributed by atoms with Crippen LogP contribution in [0, 0.1) is 0 Å². The van der Waals surface area contributed by atoms with E-state index in [1.807, 2.05) is 0 Å². The molecule has 4 N–H and O–H groups in total. The number of hydrazone groups is 2. The van der Waals surface area contributed by atoms with Crippen LogP contribution in [-0.4, -0.2) is 33.5 Å². The van der Waals surface area contributed by atoms with Crippen LogP contribution in [-0.2, 0) is 9.59 Å². The summed E-state index contributed by atoms with van der Waals surface area (Å²) in [4.78, 5) is 21.7. The van der Waals surface area contributed by atoms with Gasteiger partial charge in [-0.2, -0.15) is 10.2 Å². The van der Waals surface area contributed by atoms with Crippen molar-refractivity contribution in [3.63, 3.8) is 0 Å². The summed E-state index contributed by atoms with van der Waals surface area (Å²) in [5, 5.41) is 27.8. The number of hydrogen-bond acceptors (Lipinski definition) is 6. The minimum atomic E-state index is -0.377. The molecule has 0 bridgehead atoms. The molecule has 0 spiro atoms. The SMILES string of the molecule is CC(=O)N/N=C(\C)c1ccc(O)c(/C(C)=N/NC(C)=O)c1O. The lowest BCUT2D eigenvalue weighted by molar-refractivity contribution is -0.119. The maximum atomic E-state index is 10.9. The zero-order valence-corrected chi connectivity index (χ0v) is 12.8. The second-order valence-electron chi connectivity index (χ2n) is 4.59. The predicted molar refractivity (Wildman–Crippen MR) is 81.8 cm³/mol. The van der Waals surface area contributed by atoms with Crippen LogP contribution in [0.5, 0.6) is 11.5 Å². The van der Waals surface area contributed by atoms with Gasteiger partial charge in [0.25, 0.3) is 0 Å². The third kappa shape index (κ3) is 4.30. The van der Waals surface area contributed by atoms with E-state index < -0.39 is 0 Å². The Morgan fingerprint density at radius 3 is 1.91 bits per heavy atom. The van der Waals surface area contributed by atoms with Gasteiger partial charge in [0, 0.05) is 19.4 Å². The number of rotatable bonds is 4. The van der Waals surface area contributed by atoms with Crippen molar-refractivity contribution in [1.29, 1.82) is 0 Å². The molecule has 1 aromatic rings. The Balaban J connectivity index is 3.28. The van der Waals surface area contributed by atoms with E-state index in [0.29, 0.717) is 11.3 Å². The van der Waals surface area contributed by atoms with E-state index in [9.17, 15) is 19.8 Å². The molecule has 8 heteroatoms. The number of amides is 2. The smallest absolute Gasteiger partial charge is 0.236 e. The van der Waals surface area contributed by atoms with Crippen LogP contribution in [0.2, 0.25) is 0 Å². The molecule has 1 rings (SSSR count). The fraction of sp³-hybridized carbons (Fsp3) is 0.286. The number of carbonyl (C=O) groups is 2. The summed E-state index contributed by atoms with van der Waals surface area (Å²) < 4.78 is 0. The second-order valence-corrected chi connectivity index (χ2v) is 4.59. The minimum Gasteiger partial charge on any atom is -0.507 e. The topological polar surface area (TPSA) is 123 Å². The van der Waals surface area contributed by atoms with Gasteiger partial charge in [-0.15, -0.1) is 0 Å². The number of phenols is 2. The summed E-state index contributed by atoms with van der Waals surface area (Å²) in [5.74, 6) is -1.17. The van der Waals surface area contributed by atoms with Gasteiger partial charge >= 0.3 is 0 Å². The molecule has 0 aliphatic heterocycles. The van der Waals surface area contributed by atoms with Crippen molar-refractivity contribution >= 4 is 23.2 Å². The number of nitrogens with zero attached hydrogens (tertiary/aromatic N) is 2. The molecular weight excluding hydrogens is 288 g/mol. The normalized spacial score (nSPS) is 12.0. The lowest BCUT2D eigenvalue weighted by Gasteiger charge is -2.11. The number of phenolic OH excluding ortho intramolecular Hbond substituents is 2. The van der Waals surface area contributed by atoms with Gasteiger partial charge in [0.2, 0.25) is 11.8 Å². The van der Waals surface area contributed by atoms with Gasteiger partial charge in [-0.1, -0.05) is 0 Å². The van der Waals surface area contributed by atoms with Crippen LogP contribution in [0.1, 0.15) is 38.8 Å². The first-order valence-corrected chi connectivity index (χ1v) is 6.41. The summed E-state index contributed by atoms with van der Waals surface area (Å²) in [6, 6.07) is 2.82. The van der Waals surface area contributed by atoms with E-state index in [-0.39, 0.29) is 34.6 Å². The fourth-order valence-electron chi connectivity index (χ4n) is 1.67. The number of nitrogens with one attached hydrogen (secondary N) is 2. The molecule has 0 saturated carbocycles. The molecule has 0 aliphatic rings. The minimum absolute atomic E-state index is 0.0728. The van der Waals surface area contributed by atoms with Crippen molar-refractivity contribution in [3.05, 3.63) is 23.3 Å². The van der Waals surface area contributed by atoms with Crippen LogP contribution in [0.3, 0.4) is 0 Å². The van der Waals surface area contributed by atoms with E-state index in [4.69, 9.17) is 0 Å². The summed E-state index contributed by atoms with van der Waals surface area (Å²) in [6.45, 7) is 5.71. The second kappa shape index (κ2) is 7.21. The third-order valence-electron chi connectivity index (χ3n) is 2.67. The first-order valence-electron chi connectivity index (χ1n) is 6.41. The maximum absolute atomic E-state index is 10.9. The molecule has 0 fully saturated rings. The van der Waals surface area contributed by atoms with E-state index in [1.165, 1.54) is 32.9 Å². The Morgan fingerprint density at radius 1 is 0.909 bits per heavy atom. The third-order valence-corrected chi connectivity index (χ3v) is 2.67. The summed E-state index contributed by atoms with van der Waals surface area (Å²) in [7, 11) is 0. The molecule has 0 aromatic heterocycles. The van der Waals surface area contributed by atoms with Crippen LogP contribution in [0.4, 0.5) is 0 Å². The van der Waals surface area contributed by atoms with Gasteiger partial charge in [-0.05, 0) is 26.0 Å². The van der Waals surface area contributed by atoms with Crippen molar-refractivity contribution in [3.8, 4) is 11.5 Å². The van der Waals surface area contributed by atoms with Gasteiger partial charge in [0.05, 0.1) is 17.0 Å². The lowest BCUT2D eigenvalue weighted by atomic mass is 10.0. The first kappa shape index (κ1) is 17.2. The molecule has 0 aliphatic carbocycles. The first-order chi connectivity index (χ1) is 10.2. The highest BCUT2D eigenvalue weighted by Gasteiger charge is 2.17. The van der Waals surface area contributed by atoms with E-state index in [2.05, 4.69) is 21.1 Å². The highest BCUT2D eigenvalue weighted by Crippen LogP contribution is 2.31. The molecule has 0 saturated heterocycles. The van der Waals surface area contributed by atoms with Gasteiger partial charge < -0.3 is 10.2 Å². The molecule has 118 valence electrons. The van der Waals surface area contributed by atoms with Crippen LogP contribution in [0.25, 0.3) is 0 Å². The largest absolute Gasteiger partial charge is 0.507 e. The molecule has 8 nitrogen and oxygen atoms in total. The quantitative estimate of drug-likeness (QED) is 0.485. The zero-order valence-electron chi connectivity index (χ0n) is 12.8. The van der Waals surface area contributed by atoms with Gasteiger partial charge in [0.15, 0.2) is 0 Å². The Hall–Kier alpha value is -2.90. The highest BCUT2D eigenvalue weighted by molar-refractivity contribution is 6.09. The average molecular weight is 306 g/mol. The average Bonchev–Trinajstić information content (AvgIpc) is 2.42. The Kier molecular flexibility index (Phi) is 5.62. The summed E-state index contributed by atoms with van der Waals surface area (Å²) in [5.41, 5.74) is 5.45. The van der Waals surface area contributed by atoms with Crippen molar-refractivity contribution < 1.29 is 19.8 Å². The Bertz CT molecular complexity index is 665. The molecule has 0 heterocycles. The van der Waals surface area contributed by atoms with Gasteiger partial charge in [0.1, 0.15) is 11.5 Å². The van der Waals surface area contributed by atoms with Crippen molar-refractivity contribution in [1.82, 2.24) is 10.9 Å². The summed E-state index contributed by atoms with van der Waals surface area (Å²) >= 11 is 0. The molecule has 0 radical (unpaired) electrons. The van der Waals surface area contributed by atoms with Crippen molar-refractivity contribution in [2.75, 3.05) is 0 Å². The van der Waals surface area contributed by atoms with Crippen LogP contribution >= 0.6 is 0 Å². The number of aromatic hydroxyl groups is 2. The van der Waals surface area contributed by atoms with Crippen LogP contribution in [0.15, 0.2) is 22.3 Å². The number of benzene rings is 1. The molecule has 22 heavy (non-hydrogen) atoms. The fourth-order valence-corrected chi connectivity index (χ4v) is 1.67. The Morgan fingerprint density at radius 2 is 1.41 bits per heavy atom. The zero-order chi connectivity index (χ0) is 16.9. The van der Waals surface area contributed by atoms with Gasteiger partial charge in [-0.25, -0.2) is 10.9 Å². The monoisotopic (exact) mass is 306 g/mol. The maximum Gasteiger partial charge on any atom is 0.236 e. The Labute approximate surface area is 127 Å². The highest BCUT2D eigenvalue weighted by atomic mass is 16.3. The molecule has 0 unspecified atom stereocenters. The molecular formula is C14H18N4O4. The van der Waals surface area contributed by atoms with Crippen LogP contribution < -0.4 is 10.9 Å².